The Morgan fingerprint density at radius 1 is 1.25 bits per heavy atom. The number of pyridine rings is 1. The number of ether oxygens (including phenoxy) is 2. The molecule has 0 radical (unpaired) electrons. The molecule has 1 aliphatic rings. The van der Waals surface area contributed by atoms with E-state index in [1.807, 2.05) is 32.9 Å². The van der Waals surface area contributed by atoms with E-state index >= 15 is 0 Å². The predicted molar refractivity (Wildman–Crippen MR) is 81.3 cm³/mol. The van der Waals surface area contributed by atoms with E-state index < -0.39 is 0 Å². The summed E-state index contributed by atoms with van der Waals surface area (Å²) >= 11 is 0. The molecule has 1 fully saturated rings. The van der Waals surface area contributed by atoms with Crippen molar-refractivity contribution in [2.24, 2.45) is 0 Å². The average Bonchev–Trinajstić information content (AvgIpc) is 2.40. The second kappa shape index (κ2) is 5.87. The molecular formula is C15H25N3O2. The van der Waals surface area contributed by atoms with Gasteiger partial charge in [0.05, 0.1) is 11.8 Å². The van der Waals surface area contributed by atoms with E-state index in [0.29, 0.717) is 17.7 Å². The minimum atomic E-state index is -0.303. The molecule has 112 valence electrons. The first-order valence-corrected chi connectivity index (χ1v) is 7.12. The Morgan fingerprint density at radius 2 is 1.90 bits per heavy atom. The molecule has 5 nitrogen and oxygen atoms in total. The zero-order valence-corrected chi connectivity index (χ0v) is 12.8. The summed E-state index contributed by atoms with van der Waals surface area (Å²) in [5.74, 6) is 1.44. The fourth-order valence-corrected chi connectivity index (χ4v) is 2.31. The van der Waals surface area contributed by atoms with Crippen LogP contribution in [-0.4, -0.2) is 36.9 Å². The molecule has 5 heteroatoms. The summed E-state index contributed by atoms with van der Waals surface area (Å²) in [5, 5.41) is 0. The fraction of sp³-hybridized carbons (Fsp3) is 0.667. The van der Waals surface area contributed by atoms with Crippen LogP contribution >= 0.6 is 0 Å². The Balaban J connectivity index is 2.11. The largest absolute Gasteiger partial charge is 0.470 e. The van der Waals surface area contributed by atoms with Crippen molar-refractivity contribution in [1.82, 2.24) is 4.98 Å². The molecule has 1 aromatic heterocycles. The number of methoxy groups -OCH3 is 1. The Bertz CT molecular complexity index is 449. The van der Waals surface area contributed by atoms with E-state index in [9.17, 15) is 0 Å². The van der Waals surface area contributed by atoms with Gasteiger partial charge in [0.25, 0.3) is 0 Å². The van der Waals surface area contributed by atoms with Gasteiger partial charge >= 0.3 is 0 Å². The normalized spacial score (nSPS) is 17.3. The van der Waals surface area contributed by atoms with Crippen molar-refractivity contribution in [3.63, 3.8) is 0 Å². The molecular weight excluding hydrogens is 254 g/mol. The van der Waals surface area contributed by atoms with Crippen LogP contribution in [-0.2, 0) is 4.74 Å². The summed E-state index contributed by atoms with van der Waals surface area (Å²) < 4.78 is 11.2. The molecule has 2 heterocycles. The van der Waals surface area contributed by atoms with Gasteiger partial charge < -0.3 is 20.1 Å². The van der Waals surface area contributed by atoms with Crippen LogP contribution in [0.25, 0.3) is 0 Å². The van der Waals surface area contributed by atoms with Crippen molar-refractivity contribution in [3.05, 3.63) is 12.1 Å². The van der Waals surface area contributed by atoms with Gasteiger partial charge in [0.1, 0.15) is 11.4 Å². The van der Waals surface area contributed by atoms with E-state index in [-0.39, 0.29) is 5.60 Å². The Kier molecular flexibility index (Phi) is 4.38. The number of piperidine rings is 1. The quantitative estimate of drug-likeness (QED) is 0.921. The number of nitrogens with zero attached hydrogens (tertiary/aromatic N) is 2. The summed E-state index contributed by atoms with van der Waals surface area (Å²) in [5.41, 5.74) is 6.22. The van der Waals surface area contributed by atoms with Crippen molar-refractivity contribution in [3.8, 4) is 5.88 Å². The highest BCUT2D eigenvalue weighted by Gasteiger charge is 2.21. The third kappa shape index (κ3) is 3.76. The van der Waals surface area contributed by atoms with Gasteiger partial charge in [0, 0.05) is 20.2 Å². The predicted octanol–water partition coefficient (Wildman–Crippen LogP) is 2.46. The number of hydrogen-bond acceptors (Lipinski definition) is 5. The maximum absolute atomic E-state index is 5.94. The van der Waals surface area contributed by atoms with Gasteiger partial charge in [0.2, 0.25) is 5.88 Å². The molecule has 0 atom stereocenters. The maximum Gasteiger partial charge on any atom is 0.239 e. The molecule has 1 aliphatic heterocycles. The molecule has 0 unspecified atom stereocenters. The number of nitrogens with two attached hydrogens (primary N) is 1. The Morgan fingerprint density at radius 3 is 2.45 bits per heavy atom. The SMILES string of the molecule is COC1CCN(c2ccc(N)c(OC(C)(C)C)n2)CC1. The van der Waals surface area contributed by atoms with Gasteiger partial charge in [0.15, 0.2) is 0 Å². The summed E-state index contributed by atoms with van der Waals surface area (Å²) in [4.78, 5) is 6.82. The Labute approximate surface area is 121 Å². The van der Waals surface area contributed by atoms with Gasteiger partial charge in [-0.1, -0.05) is 0 Å². The molecule has 2 N–H and O–H groups in total. The number of hydrogen-bond donors (Lipinski definition) is 1. The first-order valence-electron chi connectivity index (χ1n) is 7.12. The first-order chi connectivity index (χ1) is 9.39. The van der Waals surface area contributed by atoms with Gasteiger partial charge in [-0.2, -0.15) is 4.98 Å². The van der Waals surface area contributed by atoms with Gasteiger partial charge in [-0.15, -0.1) is 0 Å². The molecule has 0 aliphatic carbocycles. The molecule has 0 bridgehead atoms. The summed E-state index contributed by atoms with van der Waals surface area (Å²) in [6.45, 7) is 7.87. The van der Waals surface area contributed by atoms with E-state index in [4.69, 9.17) is 15.2 Å². The van der Waals surface area contributed by atoms with Crippen LogP contribution in [0.15, 0.2) is 12.1 Å². The number of rotatable bonds is 3. The zero-order chi connectivity index (χ0) is 14.8. The van der Waals surface area contributed by atoms with E-state index in [0.717, 1.165) is 31.7 Å². The van der Waals surface area contributed by atoms with Crippen LogP contribution in [0.1, 0.15) is 33.6 Å². The van der Waals surface area contributed by atoms with Crippen molar-refractivity contribution in [1.29, 1.82) is 0 Å². The summed E-state index contributed by atoms with van der Waals surface area (Å²) in [6.07, 6.45) is 2.42. The van der Waals surface area contributed by atoms with Crippen molar-refractivity contribution >= 4 is 11.5 Å². The monoisotopic (exact) mass is 279 g/mol. The van der Waals surface area contributed by atoms with Crippen molar-refractivity contribution in [2.75, 3.05) is 30.8 Å². The minimum Gasteiger partial charge on any atom is -0.470 e. The van der Waals surface area contributed by atoms with Crippen LogP contribution in [0.3, 0.4) is 0 Å². The lowest BCUT2D eigenvalue weighted by atomic mass is 10.1. The number of aromatic nitrogens is 1. The summed E-state index contributed by atoms with van der Waals surface area (Å²) in [7, 11) is 1.77. The van der Waals surface area contributed by atoms with Gasteiger partial charge in [-0.3, -0.25) is 0 Å². The molecule has 1 saturated heterocycles. The van der Waals surface area contributed by atoms with Crippen molar-refractivity contribution in [2.45, 2.75) is 45.3 Å². The average molecular weight is 279 g/mol. The van der Waals surface area contributed by atoms with Crippen LogP contribution in [0.5, 0.6) is 5.88 Å². The second-order valence-electron chi connectivity index (χ2n) is 6.20. The van der Waals surface area contributed by atoms with Crippen LogP contribution in [0.4, 0.5) is 11.5 Å². The third-order valence-electron chi connectivity index (χ3n) is 3.38. The topological polar surface area (TPSA) is 60.6 Å². The van der Waals surface area contributed by atoms with E-state index in [1.54, 1.807) is 7.11 Å². The summed E-state index contributed by atoms with van der Waals surface area (Å²) in [6, 6.07) is 3.82. The maximum atomic E-state index is 5.94. The number of anilines is 2. The van der Waals surface area contributed by atoms with E-state index in [1.165, 1.54) is 0 Å². The first kappa shape index (κ1) is 14.9. The highest BCUT2D eigenvalue weighted by molar-refractivity contribution is 5.54. The van der Waals surface area contributed by atoms with E-state index in [2.05, 4.69) is 9.88 Å². The molecule has 0 spiro atoms. The van der Waals surface area contributed by atoms with Gasteiger partial charge in [-0.25, -0.2) is 0 Å². The highest BCUT2D eigenvalue weighted by atomic mass is 16.5. The van der Waals surface area contributed by atoms with Crippen molar-refractivity contribution < 1.29 is 9.47 Å². The van der Waals surface area contributed by atoms with Gasteiger partial charge in [-0.05, 0) is 45.7 Å². The molecule has 0 amide bonds. The molecule has 2 rings (SSSR count). The smallest absolute Gasteiger partial charge is 0.239 e. The standard InChI is InChI=1S/C15H25N3O2/c1-15(2,3)20-14-12(16)5-6-13(17-14)18-9-7-11(19-4)8-10-18/h5-6,11H,7-10,16H2,1-4H3. The molecule has 20 heavy (non-hydrogen) atoms. The zero-order valence-electron chi connectivity index (χ0n) is 12.8. The van der Waals surface area contributed by atoms with Crippen LogP contribution < -0.4 is 15.4 Å². The minimum absolute atomic E-state index is 0.303. The fourth-order valence-electron chi connectivity index (χ4n) is 2.31. The number of nitrogen functional groups attached to an aromatic ring is 1. The molecule has 0 aromatic carbocycles. The van der Waals surface area contributed by atoms with Crippen LogP contribution in [0.2, 0.25) is 0 Å². The Hall–Kier alpha value is -1.49. The molecule has 0 saturated carbocycles. The second-order valence-corrected chi connectivity index (χ2v) is 6.20. The molecule has 1 aromatic rings. The van der Waals surface area contributed by atoms with Crippen LogP contribution in [0, 0.1) is 0 Å². The third-order valence-corrected chi connectivity index (χ3v) is 3.38. The lowest BCUT2D eigenvalue weighted by Gasteiger charge is -2.32. The highest BCUT2D eigenvalue weighted by Crippen LogP contribution is 2.28. The lowest BCUT2D eigenvalue weighted by molar-refractivity contribution is 0.0817. The lowest BCUT2D eigenvalue weighted by Crippen LogP contribution is -2.37.